The molecule has 0 amide bonds. The fraction of sp³-hybridized carbons (Fsp3) is 0.750. The van der Waals surface area contributed by atoms with E-state index in [9.17, 15) is 0 Å². The number of halogens is 1. The SMILES string of the molecule is Ic1c(COC2CCCCO2)nn2c1CSCC2. The van der Waals surface area contributed by atoms with E-state index in [2.05, 4.69) is 32.4 Å². The van der Waals surface area contributed by atoms with Crippen molar-refractivity contribution in [2.45, 2.75) is 44.5 Å². The number of nitrogens with zero attached hydrogens (tertiary/aromatic N) is 2. The Morgan fingerprint density at radius 2 is 2.44 bits per heavy atom. The van der Waals surface area contributed by atoms with Crippen molar-refractivity contribution in [1.29, 1.82) is 0 Å². The second-order valence-corrected chi connectivity index (χ2v) is 6.77. The zero-order valence-corrected chi connectivity index (χ0v) is 13.2. The van der Waals surface area contributed by atoms with Crippen molar-refractivity contribution < 1.29 is 9.47 Å². The molecule has 6 heteroatoms. The van der Waals surface area contributed by atoms with Gasteiger partial charge in [0.15, 0.2) is 6.29 Å². The smallest absolute Gasteiger partial charge is 0.158 e. The Morgan fingerprint density at radius 3 is 3.22 bits per heavy atom. The minimum atomic E-state index is -0.0253. The predicted molar refractivity (Wildman–Crippen MR) is 79.5 cm³/mol. The maximum atomic E-state index is 5.82. The molecule has 0 saturated carbocycles. The number of hydrogen-bond acceptors (Lipinski definition) is 4. The topological polar surface area (TPSA) is 36.3 Å². The Bertz CT molecular complexity index is 418. The molecule has 1 atom stereocenters. The molecule has 4 nitrogen and oxygen atoms in total. The summed E-state index contributed by atoms with van der Waals surface area (Å²) in [7, 11) is 0. The van der Waals surface area contributed by atoms with E-state index in [1.165, 1.54) is 15.7 Å². The Morgan fingerprint density at radius 1 is 1.50 bits per heavy atom. The van der Waals surface area contributed by atoms with Crippen LogP contribution in [-0.4, -0.2) is 28.4 Å². The zero-order chi connectivity index (χ0) is 12.4. The summed E-state index contributed by atoms with van der Waals surface area (Å²) in [5.74, 6) is 2.24. The molecule has 3 heterocycles. The fourth-order valence-electron chi connectivity index (χ4n) is 2.28. The first-order chi connectivity index (χ1) is 8.84. The van der Waals surface area contributed by atoms with E-state index in [1.54, 1.807) is 0 Å². The van der Waals surface area contributed by atoms with Crippen LogP contribution < -0.4 is 0 Å². The average Bonchev–Trinajstić information content (AvgIpc) is 2.75. The minimum Gasteiger partial charge on any atom is -0.353 e. The predicted octanol–water partition coefficient (Wildman–Crippen LogP) is 2.78. The number of thioether (sulfide) groups is 1. The summed E-state index contributed by atoms with van der Waals surface area (Å²) < 4.78 is 14.8. The van der Waals surface area contributed by atoms with E-state index in [-0.39, 0.29) is 6.29 Å². The van der Waals surface area contributed by atoms with Gasteiger partial charge in [-0.2, -0.15) is 16.9 Å². The van der Waals surface area contributed by atoms with Gasteiger partial charge in [0.1, 0.15) is 5.69 Å². The molecule has 3 rings (SSSR count). The van der Waals surface area contributed by atoms with Gasteiger partial charge in [-0.25, -0.2) is 0 Å². The second-order valence-electron chi connectivity index (χ2n) is 4.59. The normalized spacial score (nSPS) is 23.9. The molecule has 2 aliphatic heterocycles. The lowest BCUT2D eigenvalue weighted by Crippen LogP contribution is -2.22. The van der Waals surface area contributed by atoms with Gasteiger partial charge in [-0.15, -0.1) is 0 Å². The first-order valence-corrected chi connectivity index (χ1v) is 8.63. The highest BCUT2D eigenvalue weighted by Gasteiger charge is 2.20. The number of rotatable bonds is 3. The van der Waals surface area contributed by atoms with Crippen LogP contribution in [0.5, 0.6) is 0 Å². The van der Waals surface area contributed by atoms with Crippen LogP contribution in [0.2, 0.25) is 0 Å². The van der Waals surface area contributed by atoms with Gasteiger partial charge in [-0.1, -0.05) is 0 Å². The van der Waals surface area contributed by atoms with Crippen LogP contribution in [0.25, 0.3) is 0 Å². The van der Waals surface area contributed by atoms with Crippen LogP contribution in [0, 0.1) is 3.57 Å². The summed E-state index contributed by atoms with van der Waals surface area (Å²) in [4.78, 5) is 0. The van der Waals surface area contributed by atoms with E-state index in [0.29, 0.717) is 6.61 Å². The lowest BCUT2D eigenvalue weighted by Gasteiger charge is -2.22. The molecule has 100 valence electrons. The van der Waals surface area contributed by atoms with Crippen LogP contribution in [0.15, 0.2) is 0 Å². The molecule has 0 radical (unpaired) electrons. The Balaban J connectivity index is 1.63. The third-order valence-corrected chi connectivity index (χ3v) is 5.48. The lowest BCUT2D eigenvalue weighted by molar-refractivity contribution is -0.169. The molecule has 1 unspecified atom stereocenters. The number of hydrogen-bond donors (Lipinski definition) is 0. The van der Waals surface area contributed by atoms with E-state index < -0.39 is 0 Å². The zero-order valence-electron chi connectivity index (χ0n) is 10.2. The van der Waals surface area contributed by atoms with Crippen molar-refractivity contribution in [3.8, 4) is 0 Å². The molecule has 0 N–H and O–H groups in total. The van der Waals surface area contributed by atoms with Gasteiger partial charge in [0.25, 0.3) is 0 Å². The number of fused-ring (bicyclic) bond motifs is 1. The highest BCUT2D eigenvalue weighted by molar-refractivity contribution is 14.1. The molecular weight excluding hydrogens is 363 g/mol. The Labute approximate surface area is 125 Å². The summed E-state index contributed by atoms with van der Waals surface area (Å²) >= 11 is 4.38. The summed E-state index contributed by atoms with van der Waals surface area (Å²) in [5.41, 5.74) is 2.43. The summed E-state index contributed by atoms with van der Waals surface area (Å²) in [6.07, 6.45) is 3.36. The molecule has 0 aromatic carbocycles. The van der Waals surface area contributed by atoms with Crippen LogP contribution in [0.4, 0.5) is 0 Å². The lowest BCUT2D eigenvalue weighted by atomic mass is 10.2. The van der Waals surface area contributed by atoms with Crippen molar-refractivity contribution in [2.75, 3.05) is 12.4 Å². The number of aromatic nitrogens is 2. The van der Waals surface area contributed by atoms with Gasteiger partial charge in [-0.05, 0) is 41.9 Å². The number of aryl methyl sites for hydroxylation is 1. The monoisotopic (exact) mass is 380 g/mol. The molecule has 1 aromatic heterocycles. The van der Waals surface area contributed by atoms with Crippen molar-refractivity contribution in [1.82, 2.24) is 9.78 Å². The third-order valence-electron chi connectivity index (χ3n) is 3.29. The summed E-state index contributed by atoms with van der Waals surface area (Å²) in [6, 6.07) is 0. The van der Waals surface area contributed by atoms with Crippen molar-refractivity contribution in [2.24, 2.45) is 0 Å². The van der Waals surface area contributed by atoms with E-state index in [4.69, 9.17) is 9.47 Å². The van der Waals surface area contributed by atoms with Gasteiger partial charge < -0.3 is 9.47 Å². The second kappa shape index (κ2) is 6.11. The third kappa shape index (κ3) is 2.86. The molecule has 1 fully saturated rings. The molecule has 0 aliphatic carbocycles. The van der Waals surface area contributed by atoms with Crippen LogP contribution in [-0.2, 0) is 28.4 Å². The van der Waals surface area contributed by atoms with Gasteiger partial charge in [0.05, 0.1) is 22.4 Å². The molecule has 0 bridgehead atoms. The standard InChI is InChI=1S/C12H17IN2O2S/c13-12-9(7-17-11-3-1-2-5-16-11)14-15-4-6-18-8-10(12)15/h11H,1-8H2. The molecule has 2 aliphatic rings. The highest BCUT2D eigenvalue weighted by Crippen LogP contribution is 2.27. The fourth-order valence-corrected chi connectivity index (χ4v) is 4.20. The van der Waals surface area contributed by atoms with Crippen LogP contribution >= 0.6 is 34.4 Å². The Kier molecular flexibility index (Phi) is 4.48. The first-order valence-electron chi connectivity index (χ1n) is 6.39. The molecule has 1 saturated heterocycles. The largest absolute Gasteiger partial charge is 0.353 e. The van der Waals surface area contributed by atoms with Crippen LogP contribution in [0.3, 0.4) is 0 Å². The van der Waals surface area contributed by atoms with Gasteiger partial charge in [0, 0.05) is 18.1 Å². The molecule has 18 heavy (non-hydrogen) atoms. The summed E-state index contributed by atoms with van der Waals surface area (Å²) in [5, 5.41) is 4.65. The van der Waals surface area contributed by atoms with Crippen molar-refractivity contribution >= 4 is 34.4 Å². The Hall–Kier alpha value is 0.210. The van der Waals surface area contributed by atoms with E-state index >= 15 is 0 Å². The molecule has 0 spiro atoms. The average molecular weight is 380 g/mol. The van der Waals surface area contributed by atoms with Gasteiger partial charge in [0.2, 0.25) is 0 Å². The van der Waals surface area contributed by atoms with Crippen LogP contribution in [0.1, 0.15) is 30.7 Å². The maximum absolute atomic E-state index is 5.82. The maximum Gasteiger partial charge on any atom is 0.158 e. The van der Waals surface area contributed by atoms with E-state index in [0.717, 1.165) is 43.2 Å². The quantitative estimate of drug-likeness (QED) is 0.756. The van der Waals surface area contributed by atoms with Crippen molar-refractivity contribution in [3.63, 3.8) is 0 Å². The first kappa shape index (κ1) is 13.2. The molecular formula is C12H17IN2O2S. The number of ether oxygens (including phenoxy) is 2. The minimum absolute atomic E-state index is 0.0253. The summed E-state index contributed by atoms with van der Waals surface area (Å²) in [6.45, 7) is 2.43. The van der Waals surface area contributed by atoms with Gasteiger partial charge >= 0.3 is 0 Å². The van der Waals surface area contributed by atoms with Gasteiger partial charge in [-0.3, -0.25) is 4.68 Å². The van der Waals surface area contributed by atoms with Crippen molar-refractivity contribution in [3.05, 3.63) is 15.0 Å². The highest BCUT2D eigenvalue weighted by atomic mass is 127. The molecule has 1 aromatic rings. The van der Waals surface area contributed by atoms with E-state index in [1.807, 2.05) is 11.8 Å².